The Morgan fingerprint density at radius 1 is 0.364 bits per heavy atom. The van der Waals surface area contributed by atoms with Gasteiger partial charge < -0.3 is 9.80 Å². The first kappa shape index (κ1) is 39.1. The maximum absolute atomic E-state index is 4.09. The minimum absolute atomic E-state index is 0.0483. The maximum Gasteiger partial charge on any atom is 0.248 e. The molecule has 0 atom stereocenters. The average Bonchev–Trinajstić information content (AvgIpc) is 3.30. The van der Waals surface area contributed by atoms with Crippen LogP contribution in [0.1, 0.15) is 52.7 Å². The molecule has 4 aliphatic heterocycles. The predicted octanol–water partition coefficient (Wildman–Crippen LogP) is 13.3. The van der Waals surface area contributed by atoms with Crippen LogP contribution in [0.4, 0.5) is 34.1 Å². The van der Waals surface area contributed by atoms with Crippen LogP contribution in [0.3, 0.4) is 0 Å². The van der Waals surface area contributed by atoms with Gasteiger partial charge in [-0.1, -0.05) is 169 Å². The topological polar surface area (TPSA) is 6.48 Å². The molecule has 0 bridgehead atoms. The molecule has 314 valence electrons. The molecule has 10 aromatic rings. The van der Waals surface area contributed by atoms with Gasteiger partial charge in [-0.25, -0.2) is 0 Å². The van der Waals surface area contributed by atoms with E-state index < -0.39 is 0 Å². The fourth-order valence-electron chi connectivity index (χ4n) is 12.8. The van der Waals surface area contributed by atoms with Gasteiger partial charge in [0.1, 0.15) is 0 Å². The van der Waals surface area contributed by atoms with Crippen LogP contribution in [0.5, 0.6) is 0 Å². The van der Waals surface area contributed by atoms with Gasteiger partial charge in [0.2, 0.25) is 13.4 Å². The summed E-state index contributed by atoms with van der Waals surface area (Å²) in [7, 11) is 0. The van der Waals surface area contributed by atoms with Gasteiger partial charge in [-0.3, -0.25) is 0 Å². The molecule has 0 amide bonds. The van der Waals surface area contributed by atoms with Crippen LogP contribution >= 0.6 is 31.9 Å². The number of benzene rings is 10. The molecule has 0 spiro atoms. The van der Waals surface area contributed by atoms with E-state index in [1.54, 1.807) is 0 Å². The molecule has 4 heterocycles. The number of anilines is 6. The number of nitrogens with zero attached hydrogens (tertiary/aromatic N) is 2. The molecule has 0 aromatic heterocycles. The van der Waals surface area contributed by atoms with E-state index in [9.17, 15) is 0 Å². The van der Waals surface area contributed by atoms with Crippen LogP contribution in [-0.2, 0) is 10.8 Å². The van der Waals surface area contributed by atoms with Crippen molar-refractivity contribution in [2.24, 2.45) is 0 Å². The predicted molar refractivity (Wildman–Crippen MR) is 292 cm³/mol. The van der Waals surface area contributed by atoms with Gasteiger partial charge in [-0.05, 0) is 171 Å². The van der Waals surface area contributed by atoms with Gasteiger partial charge in [0, 0.05) is 43.1 Å². The lowest BCUT2D eigenvalue weighted by atomic mass is 9.31. The highest BCUT2D eigenvalue weighted by Crippen LogP contribution is 2.52. The van der Waals surface area contributed by atoms with Crippen molar-refractivity contribution in [3.63, 3.8) is 0 Å². The molecule has 0 unspecified atom stereocenters. The van der Waals surface area contributed by atoms with Crippen LogP contribution in [0, 0.1) is 0 Å². The van der Waals surface area contributed by atoms with Crippen molar-refractivity contribution in [1.82, 2.24) is 0 Å². The number of hydrogen-bond donors (Lipinski definition) is 0. The van der Waals surface area contributed by atoms with Crippen LogP contribution in [0.25, 0.3) is 54.6 Å². The van der Waals surface area contributed by atoms with E-state index in [1.165, 1.54) is 133 Å². The number of hydrogen-bond acceptors (Lipinski definition) is 2. The summed E-state index contributed by atoms with van der Waals surface area (Å²) in [6.45, 7) is 14.6. The van der Waals surface area contributed by atoms with E-state index in [1.807, 2.05) is 0 Å². The molecule has 4 aliphatic rings. The van der Waals surface area contributed by atoms with Crippen molar-refractivity contribution in [2.75, 3.05) is 9.80 Å². The Bertz CT molecular complexity index is 3530. The van der Waals surface area contributed by atoms with Crippen molar-refractivity contribution in [1.29, 1.82) is 0 Å². The molecule has 0 saturated heterocycles. The summed E-state index contributed by atoms with van der Waals surface area (Å²) >= 11 is 8.18. The fourth-order valence-corrected chi connectivity index (χ4v) is 13.7. The Morgan fingerprint density at radius 3 is 1.14 bits per heavy atom. The molecule has 6 heteroatoms. The first-order valence-electron chi connectivity index (χ1n) is 23.3. The van der Waals surface area contributed by atoms with E-state index in [4.69, 9.17) is 0 Å². The lowest BCUT2D eigenvalue weighted by molar-refractivity contribution is 0.595. The summed E-state index contributed by atoms with van der Waals surface area (Å²) in [5.41, 5.74) is 23.4. The van der Waals surface area contributed by atoms with Crippen molar-refractivity contribution in [3.8, 4) is 22.3 Å². The highest BCUT2D eigenvalue weighted by molar-refractivity contribution is 9.10. The van der Waals surface area contributed by atoms with Gasteiger partial charge >= 0.3 is 0 Å². The maximum atomic E-state index is 4.09. The molecule has 0 radical (unpaired) electrons. The number of rotatable bonds is 2. The molecule has 0 fully saturated rings. The Balaban J connectivity index is 1.19. The second-order valence-electron chi connectivity index (χ2n) is 21.1. The molecule has 14 rings (SSSR count). The number of fused-ring (bicyclic) bond motifs is 8. The minimum atomic E-state index is -0.149. The minimum Gasteiger partial charge on any atom is -0.311 e. The standard InChI is InChI=1S/C60H44B2Br2N2/c1-59(2,3)43-29-37-39-25-33(63)27-51-57(39)62(46-22-14-16-24-50(46)65(51)35-17-9-7-10-18-35)48-32-42-44(60(4,5)6)30-38-40-26-34(64)28-52-58(40)61(47-31-41(43)55(53(37)48)56(42)54(38)47)45-21-13-15-23-49(45)66(52)36-19-11-8-12-20-36/h7-32H,1-6H3. The van der Waals surface area contributed by atoms with Crippen molar-refractivity contribution < 1.29 is 0 Å². The van der Waals surface area contributed by atoms with Crippen molar-refractivity contribution >= 4 is 145 Å². The first-order valence-corrected chi connectivity index (χ1v) is 24.9. The monoisotopic (exact) mass is 972 g/mol. The van der Waals surface area contributed by atoms with E-state index in [2.05, 4.69) is 241 Å². The summed E-state index contributed by atoms with van der Waals surface area (Å²) in [4.78, 5) is 5.00. The summed E-state index contributed by atoms with van der Waals surface area (Å²) < 4.78 is 2.18. The molecule has 66 heavy (non-hydrogen) atoms. The van der Waals surface area contributed by atoms with Crippen molar-refractivity contribution in [2.45, 2.75) is 52.4 Å². The highest BCUT2D eigenvalue weighted by Gasteiger charge is 2.46. The van der Waals surface area contributed by atoms with Crippen LogP contribution in [0.2, 0.25) is 0 Å². The third kappa shape index (κ3) is 5.10. The lowest BCUT2D eigenvalue weighted by Crippen LogP contribution is -2.60. The molecule has 0 aliphatic carbocycles. The van der Waals surface area contributed by atoms with Crippen LogP contribution in [0.15, 0.2) is 167 Å². The van der Waals surface area contributed by atoms with E-state index in [0.29, 0.717) is 0 Å². The third-order valence-corrected chi connectivity index (χ3v) is 16.2. The molecule has 0 saturated carbocycles. The van der Waals surface area contributed by atoms with E-state index >= 15 is 0 Å². The molecule has 0 N–H and O–H groups in total. The lowest BCUT2D eigenvalue weighted by Gasteiger charge is -2.43. The highest BCUT2D eigenvalue weighted by atomic mass is 79.9. The van der Waals surface area contributed by atoms with E-state index in [0.717, 1.165) is 8.95 Å². The Hall–Kier alpha value is -6.07. The average molecular weight is 974 g/mol. The summed E-state index contributed by atoms with van der Waals surface area (Å²) in [6.07, 6.45) is 0. The van der Waals surface area contributed by atoms with Crippen LogP contribution < -0.4 is 42.6 Å². The van der Waals surface area contributed by atoms with Gasteiger partial charge in [0.05, 0.1) is 0 Å². The SMILES string of the molecule is CC(C)(C)c1cc2c3c(cc4c(C(C)(C)C)cc5c6c(cc1c3c46)B1c3ccccc3N(c3ccccc3)c3cc(Br)cc-5c31)B1c3ccccc3N(c3ccccc3)c3cc(Br)cc-2c31. The van der Waals surface area contributed by atoms with Crippen LogP contribution in [-0.4, -0.2) is 13.4 Å². The molecule has 2 nitrogen and oxygen atoms in total. The number of para-hydroxylation sites is 4. The summed E-state index contributed by atoms with van der Waals surface area (Å²) in [5, 5.41) is 8.40. The normalized spacial score (nSPS) is 14.2. The number of halogens is 2. The second-order valence-corrected chi connectivity index (χ2v) is 22.9. The second kappa shape index (κ2) is 13.3. The Morgan fingerprint density at radius 2 is 0.742 bits per heavy atom. The van der Waals surface area contributed by atoms with Gasteiger partial charge in [0.25, 0.3) is 0 Å². The quantitative estimate of drug-likeness (QED) is 0.126. The molecular weight excluding hydrogens is 930 g/mol. The zero-order chi connectivity index (χ0) is 44.7. The zero-order valence-electron chi connectivity index (χ0n) is 37.8. The summed E-state index contributed by atoms with van der Waals surface area (Å²) in [6, 6.07) is 60.3. The van der Waals surface area contributed by atoms with Gasteiger partial charge in [-0.2, -0.15) is 0 Å². The molecule has 10 aromatic carbocycles. The Kier molecular flexibility index (Phi) is 7.89. The van der Waals surface area contributed by atoms with Gasteiger partial charge in [0.15, 0.2) is 0 Å². The first-order chi connectivity index (χ1) is 31.9. The Labute approximate surface area is 404 Å². The zero-order valence-corrected chi connectivity index (χ0v) is 41.0. The fraction of sp³-hybridized carbons (Fsp3) is 0.133. The largest absolute Gasteiger partial charge is 0.311 e. The van der Waals surface area contributed by atoms with Crippen molar-refractivity contribution in [3.05, 3.63) is 178 Å². The third-order valence-electron chi connectivity index (χ3n) is 15.3. The molecular formula is C60H44B2Br2N2. The smallest absolute Gasteiger partial charge is 0.248 e. The summed E-state index contributed by atoms with van der Waals surface area (Å²) in [5.74, 6) is 0. The van der Waals surface area contributed by atoms with E-state index in [-0.39, 0.29) is 24.3 Å². The van der Waals surface area contributed by atoms with Gasteiger partial charge in [-0.15, -0.1) is 0 Å².